The molecular weight excluding hydrogens is 357 g/mol. The van der Waals surface area contributed by atoms with Gasteiger partial charge in [0, 0.05) is 10.6 Å². The summed E-state index contributed by atoms with van der Waals surface area (Å²) in [5, 5.41) is 7.79. The average Bonchev–Trinajstić information content (AvgIpc) is 2.81. The summed E-state index contributed by atoms with van der Waals surface area (Å²) in [4.78, 5) is 0. The highest BCUT2D eigenvalue weighted by Crippen LogP contribution is 2.27. The van der Waals surface area contributed by atoms with Crippen LogP contribution < -0.4 is 4.72 Å². The predicted molar refractivity (Wildman–Crippen MR) is 84.0 cm³/mol. The highest BCUT2D eigenvalue weighted by molar-refractivity contribution is 8.01. The van der Waals surface area contributed by atoms with Crippen molar-refractivity contribution in [3.8, 4) is 0 Å². The third-order valence-electron chi connectivity index (χ3n) is 2.31. The molecule has 114 valence electrons. The summed E-state index contributed by atoms with van der Waals surface area (Å²) < 4.78 is 40.6. The number of rotatable bonds is 6. The van der Waals surface area contributed by atoms with E-state index in [9.17, 15) is 12.8 Å². The standard InChI is InChI=1S/C11H11ClFN3O2S3/c1-2-19-11-15-14-10(20-11)16-21(17,18)6-7-8(12)4-3-5-9(7)13/h3-5H,2,6H2,1H3,(H,14,16). The quantitative estimate of drug-likeness (QED) is 0.792. The highest BCUT2D eigenvalue weighted by atomic mass is 35.5. The van der Waals surface area contributed by atoms with Crippen molar-refractivity contribution < 1.29 is 12.8 Å². The third-order valence-corrected chi connectivity index (χ3v) is 5.82. The zero-order chi connectivity index (χ0) is 15.5. The van der Waals surface area contributed by atoms with E-state index >= 15 is 0 Å². The van der Waals surface area contributed by atoms with E-state index in [0.717, 1.165) is 23.2 Å². The van der Waals surface area contributed by atoms with Crippen molar-refractivity contribution in [2.75, 3.05) is 10.5 Å². The van der Waals surface area contributed by atoms with Gasteiger partial charge >= 0.3 is 0 Å². The zero-order valence-electron chi connectivity index (χ0n) is 10.8. The van der Waals surface area contributed by atoms with Crippen molar-refractivity contribution in [3.63, 3.8) is 0 Å². The average molecular weight is 368 g/mol. The van der Waals surface area contributed by atoms with E-state index < -0.39 is 21.6 Å². The Kier molecular flexibility index (Phi) is 5.42. The monoisotopic (exact) mass is 367 g/mol. The van der Waals surface area contributed by atoms with Crippen molar-refractivity contribution in [1.29, 1.82) is 0 Å². The molecule has 2 aromatic rings. The lowest BCUT2D eigenvalue weighted by molar-refractivity contribution is 0.591. The summed E-state index contributed by atoms with van der Waals surface area (Å²) in [6, 6.07) is 4.02. The van der Waals surface area contributed by atoms with Crippen LogP contribution in [0.15, 0.2) is 22.5 Å². The van der Waals surface area contributed by atoms with E-state index in [1.165, 1.54) is 23.9 Å². The summed E-state index contributed by atoms with van der Waals surface area (Å²) in [5.74, 6) is -0.409. The van der Waals surface area contributed by atoms with Gasteiger partial charge in [-0.25, -0.2) is 12.8 Å². The molecule has 2 rings (SSSR count). The van der Waals surface area contributed by atoms with Crippen molar-refractivity contribution in [3.05, 3.63) is 34.6 Å². The van der Waals surface area contributed by atoms with Crippen molar-refractivity contribution >= 4 is 49.9 Å². The Morgan fingerprint density at radius 2 is 2.19 bits per heavy atom. The van der Waals surface area contributed by atoms with Crippen LogP contribution in [0, 0.1) is 5.82 Å². The molecule has 0 fully saturated rings. The number of thioether (sulfide) groups is 1. The van der Waals surface area contributed by atoms with Crippen LogP contribution in [0.1, 0.15) is 12.5 Å². The summed E-state index contributed by atoms with van der Waals surface area (Å²) in [5.41, 5.74) is -0.0701. The van der Waals surface area contributed by atoms with Gasteiger partial charge in [0.05, 0.1) is 5.75 Å². The van der Waals surface area contributed by atoms with Gasteiger partial charge in [-0.2, -0.15) is 0 Å². The minimum atomic E-state index is -3.81. The number of benzene rings is 1. The second kappa shape index (κ2) is 6.91. The molecule has 0 spiro atoms. The maximum absolute atomic E-state index is 13.6. The first-order valence-corrected chi connectivity index (χ1v) is 9.64. The Morgan fingerprint density at radius 1 is 1.43 bits per heavy atom. The number of hydrogen-bond acceptors (Lipinski definition) is 6. The molecule has 0 atom stereocenters. The zero-order valence-corrected chi connectivity index (χ0v) is 14.0. The number of hydrogen-bond donors (Lipinski definition) is 1. The smallest absolute Gasteiger partial charge is 0.238 e. The Morgan fingerprint density at radius 3 is 2.86 bits per heavy atom. The third kappa shape index (κ3) is 4.53. The lowest BCUT2D eigenvalue weighted by Crippen LogP contribution is -2.16. The number of sulfonamides is 1. The Hall–Kier alpha value is -0.900. The largest absolute Gasteiger partial charge is 0.257 e. The van der Waals surface area contributed by atoms with E-state index in [-0.39, 0.29) is 15.7 Å². The maximum Gasteiger partial charge on any atom is 0.238 e. The highest BCUT2D eigenvalue weighted by Gasteiger charge is 2.19. The summed E-state index contributed by atoms with van der Waals surface area (Å²) in [6.45, 7) is 1.95. The van der Waals surface area contributed by atoms with E-state index in [4.69, 9.17) is 11.6 Å². The molecule has 0 radical (unpaired) electrons. The van der Waals surface area contributed by atoms with Crippen LogP contribution >= 0.6 is 34.7 Å². The van der Waals surface area contributed by atoms with Crippen LogP contribution in [0.25, 0.3) is 0 Å². The summed E-state index contributed by atoms with van der Waals surface area (Å²) in [6.07, 6.45) is 0. The van der Waals surface area contributed by atoms with Gasteiger partial charge in [0.1, 0.15) is 5.82 Å². The lowest BCUT2D eigenvalue weighted by atomic mass is 10.2. The van der Waals surface area contributed by atoms with Crippen LogP contribution in [0.5, 0.6) is 0 Å². The lowest BCUT2D eigenvalue weighted by Gasteiger charge is -2.07. The molecule has 1 aromatic heterocycles. The van der Waals surface area contributed by atoms with Gasteiger partial charge in [0.2, 0.25) is 15.2 Å². The van der Waals surface area contributed by atoms with E-state index in [1.807, 2.05) is 6.92 Å². The van der Waals surface area contributed by atoms with Crippen molar-refractivity contribution in [1.82, 2.24) is 10.2 Å². The maximum atomic E-state index is 13.6. The minimum Gasteiger partial charge on any atom is -0.257 e. The van der Waals surface area contributed by atoms with Crippen molar-refractivity contribution in [2.45, 2.75) is 17.0 Å². The topological polar surface area (TPSA) is 72.0 Å². The first-order chi connectivity index (χ1) is 9.91. The molecule has 10 heteroatoms. The number of aromatic nitrogens is 2. The van der Waals surface area contributed by atoms with Gasteiger partial charge in [-0.3, -0.25) is 4.72 Å². The molecule has 0 unspecified atom stereocenters. The van der Waals surface area contributed by atoms with Crippen LogP contribution in [-0.2, 0) is 15.8 Å². The fourth-order valence-electron chi connectivity index (χ4n) is 1.46. The van der Waals surface area contributed by atoms with Gasteiger partial charge in [-0.15, -0.1) is 10.2 Å². The first-order valence-electron chi connectivity index (χ1n) is 5.81. The molecule has 21 heavy (non-hydrogen) atoms. The number of halogens is 2. The Balaban J connectivity index is 2.15. The van der Waals surface area contributed by atoms with Gasteiger partial charge in [-0.1, -0.05) is 47.7 Å². The number of anilines is 1. The first kappa shape index (κ1) is 16.5. The molecule has 0 aliphatic carbocycles. The van der Waals surface area contributed by atoms with Crippen molar-refractivity contribution in [2.24, 2.45) is 0 Å². The molecular formula is C11H11ClFN3O2S3. The van der Waals surface area contributed by atoms with Gasteiger partial charge in [0.25, 0.3) is 0 Å². The summed E-state index contributed by atoms with van der Waals surface area (Å²) in [7, 11) is -3.81. The number of nitrogens with zero attached hydrogens (tertiary/aromatic N) is 2. The van der Waals surface area contributed by atoms with E-state index in [0.29, 0.717) is 4.34 Å². The molecule has 0 amide bonds. The van der Waals surface area contributed by atoms with E-state index in [2.05, 4.69) is 14.9 Å². The van der Waals surface area contributed by atoms with Crippen LogP contribution in [-0.4, -0.2) is 24.4 Å². The normalized spacial score (nSPS) is 11.6. The fraction of sp³-hybridized carbons (Fsp3) is 0.273. The van der Waals surface area contributed by atoms with Crippen LogP contribution in [0.2, 0.25) is 5.02 Å². The molecule has 1 aromatic carbocycles. The molecule has 1 heterocycles. The molecule has 0 aliphatic heterocycles. The molecule has 0 saturated heterocycles. The number of nitrogens with one attached hydrogen (secondary N) is 1. The molecule has 0 aliphatic rings. The Labute approximate surface area is 135 Å². The molecule has 5 nitrogen and oxygen atoms in total. The second-order valence-corrected chi connectivity index (χ2v) is 8.49. The molecule has 0 saturated carbocycles. The van der Waals surface area contributed by atoms with Crippen LogP contribution in [0.4, 0.5) is 9.52 Å². The SMILES string of the molecule is CCSc1nnc(NS(=O)(=O)Cc2c(F)cccc2Cl)s1. The van der Waals surface area contributed by atoms with Gasteiger partial charge in [-0.05, 0) is 17.9 Å². The molecule has 1 N–H and O–H groups in total. The minimum absolute atomic E-state index is 0.0693. The van der Waals surface area contributed by atoms with Gasteiger partial charge in [0.15, 0.2) is 4.34 Å². The van der Waals surface area contributed by atoms with Gasteiger partial charge < -0.3 is 0 Å². The predicted octanol–water partition coefficient (Wildman–Crippen LogP) is 3.38. The second-order valence-electron chi connectivity index (χ2n) is 3.87. The molecule has 0 bridgehead atoms. The van der Waals surface area contributed by atoms with E-state index in [1.54, 1.807) is 0 Å². The van der Waals surface area contributed by atoms with Crippen LogP contribution in [0.3, 0.4) is 0 Å². The fourth-order valence-corrected chi connectivity index (χ4v) is 4.87. The Bertz CT molecular complexity index is 716. The summed E-state index contributed by atoms with van der Waals surface area (Å²) >= 11 is 8.41.